The standard InChI is InChI=1S/C15H16N2O2S/c1-10-6-12(10)15(18)17-13-4-2-3-5-14(13)19-7-11-8-20-9-16-11/h2-5,8-10,12H,6-7H2,1H3,(H,17,18)/t10-,12+/m1/s1. The molecule has 1 aromatic heterocycles. The van der Waals surface area contributed by atoms with Gasteiger partial charge in [0.05, 0.1) is 16.9 Å². The highest BCUT2D eigenvalue weighted by Gasteiger charge is 2.39. The second-order valence-corrected chi connectivity index (χ2v) is 5.79. The summed E-state index contributed by atoms with van der Waals surface area (Å²) in [5.41, 5.74) is 3.40. The number of hydrogen-bond donors (Lipinski definition) is 1. The Morgan fingerprint density at radius 3 is 3.00 bits per heavy atom. The molecular formula is C15H16N2O2S. The Balaban J connectivity index is 1.66. The molecule has 104 valence electrons. The largest absolute Gasteiger partial charge is 0.485 e. The molecule has 1 aromatic carbocycles. The minimum absolute atomic E-state index is 0.0854. The summed E-state index contributed by atoms with van der Waals surface area (Å²) in [4.78, 5) is 16.2. The van der Waals surface area contributed by atoms with Gasteiger partial charge in [0.15, 0.2) is 0 Å². The van der Waals surface area contributed by atoms with E-state index >= 15 is 0 Å². The number of para-hydroxylation sites is 2. The molecular weight excluding hydrogens is 272 g/mol. The fraction of sp³-hybridized carbons (Fsp3) is 0.333. The predicted octanol–water partition coefficient (Wildman–Crippen LogP) is 3.32. The van der Waals surface area contributed by atoms with Crippen molar-refractivity contribution in [1.29, 1.82) is 0 Å². The van der Waals surface area contributed by atoms with E-state index in [0.717, 1.165) is 17.8 Å². The van der Waals surface area contributed by atoms with Crippen LogP contribution in [0, 0.1) is 11.8 Å². The number of carbonyl (C=O) groups excluding carboxylic acids is 1. The van der Waals surface area contributed by atoms with Crippen molar-refractivity contribution in [3.63, 3.8) is 0 Å². The van der Waals surface area contributed by atoms with Crippen molar-refractivity contribution in [1.82, 2.24) is 4.98 Å². The van der Waals surface area contributed by atoms with Gasteiger partial charge < -0.3 is 10.1 Å². The van der Waals surface area contributed by atoms with Crippen LogP contribution in [0.3, 0.4) is 0 Å². The first-order valence-electron chi connectivity index (χ1n) is 6.64. The van der Waals surface area contributed by atoms with Gasteiger partial charge >= 0.3 is 0 Å². The van der Waals surface area contributed by atoms with E-state index in [1.807, 2.05) is 29.6 Å². The summed E-state index contributed by atoms with van der Waals surface area (Å²) >= 11 is 1.54. The molecule has 2 atom stereocenters. The van der Waals surface area contributed by atoms with Crippen LogP contribution in [-0.4, -0.2) is 10.9 Å². The van der Waals surface area contributed by atoms with Gasteiger partial charge in [0.25, 0.3) is 0 Å². The lowest BCUT2D eigenvalue weighted by Crippen LogP contribution is -2.15. The van der Waals surface area contributed by atoms with Crippen molar-refractivity contribution in [3.05, 3.63) is 40.8 Å². The summed E-state index contributed by atoms with van der Waals surface area (Å²) in [6, 6.07) is 7.51. The normalized spacial score (nSPS) is 20.4. The highest BCUT2D eigenvalue weighted by Crippen LogP contribution is 2.39. The first kappa shape index (κ1) is 13.1. The molecule has 1 amide bonds. The number of benzene rings is 1. The molecule has 0 unspecified atom stereocenters. The van der Waals surface area contributed by atoms with Crippen molar-refractivity contribution >= 4 is 22.9 Å². The third-order valence-electron chi connectivity index (χ3n) is 3.45. The molecule has 1 saturated carbocycles. The van der Waals surface area contributed by atoms with Crippen LogP contribution >= 0.6 is 11.3 Å². The van der Waals surface area contributed by atoms with Crippen molar-refractivity contribution in [2.75, 3.05) is 5.32 Å². The van der Waals surface area contributed by atoms with Gasteiger partial charge in [-0.15, -0.1) is 11.3 Å². The van der Waals surface area contributed by atoms with Crippen molar-refractivity contribution in [3.8, 4) is 5.75 Å². The topological polar surface area (TPSA) is 51.2 Å². The van der Waals surface area contributed by atoms with Gasteiger partial charge in [-0.2, -0.15) is 0 Å². The average molecular weight is 288 g/mol. The third-order valence-corrected chi connectivity index (χ3v) is 4.09. The number of rotatable bonds is 5. The second kappa shape index (κ2) is 5.63. The molecule has 0 bridgehead atoms. The molecule has 0 radical (unpaired) electrons. The Morgan fingerprint density at radius 1 is 1.50 bits per heavy atom. The fourth-order valence-corrected chi connectivity index (χ4v) is 2.61. The molecule has 3 rings (SSSR count). The number of amides is 1. The van der Waals surface area contributed by atoms with Crippen LogP contribution in [-0.2, 0) is 11.4 Å². The lowest BCUT2D eigenvalue weighted by Gasteiger charge is -2.11. The lowest BCUT2D eigenvalue weighted by atomic mass is 10.2. The molecule has 1 fully saturated rings. The Kier molecular flexibility index (Phi) is 3.69. The van der Waals surface area contributed by atoms with E-state index < -0.39 is 0 Å². The Morgan fingerprint density at radius 2 is 2.30 bits per heavy atom. The monoisotopic (exact) mass is 288 g/mol. The Bertz CT molecular complexity index is 598. The van der Waals surface area contributed by atoms with Crippen LogP contribution in [0.4, 0.5) is 5.69 Å². The number of nitrogens with one attached hydrogen (secondary N) is 1. The first-order valence-corrected chi connectivity index (χ1v) is 7.58. The van der Waals surface area contributed by atoms with Gasteiger partial charge in [0.2, 0.25) is 5.91 Å². The minimum atomic E-state index is 0.0854. The predicted molar refractivity (Wildman–Crippen MR) is 78.8 cm³/mol. The van der Waals surface area contributed by atoms with E-state index in [4.69, 9.17) is 4.74 Å². The van der Waals surface area contributed by atoms with Crippen LogP contribution in [0.5, 0.6) is 5.75 Å². The maximum Gasteiger partial charge on any atom is 0.227 e. The highest BCUT2D eigenvalue weighted by molar-refractivity contribution is 7.07. The fourth-order valence-electron chi connectivity index (χ4n) is 2.07. The molecule has 1 aliphatic carbocycles. The van der Waals surface area contributed by atoms with Crippen molar-refractivity contribution in [2.45, 2.75) is 20.0 Å². The van der Waals surface area contributed by atoms with Gasteiger partial charge in [-0.1, -0.05) is 19.1 Å². The van der Waals surface area contributed by atoms with E-state index in [-0.39, 0.29) is 11.8 Å². The molecule has 2 aromatic rings. The smallest absolute Gasteiger partial charge is 0.227 e. The van der Waals surface area contributed by atoms with Crippen molar-refractivity contribution < 1.29 is 9.53 Å². The molecule has 20 heavy (non-hydrogen) atoms. The zero-order valence-corrected chi connectivity index (χ0v) is 12.0. The molecule has 4 nitrogen and oxygen atoms in total. The number of aromatic nitrogens is 1. The number of anilines is 1. The summed E-state index contributed by atoms with van der Waals surface area (Å²) in [6.07, 6.45) is 0.980. The second-order valence-electron chi connectivity index (χ2n) is 5.07. The van der Waals surface area contributed by atoms with E-state index in [0.29, 0.717) is 18.3 Å². The van der Waals surface area contributed by atoms with E-state index in [1.165, 1.54) is 0 Å². The summed E-state index contributed by atoms with van der Waals surface area (Å²) in [5.74, 6) is 1.42. The van der Waals surface area contributed by atoms with E-state index in [1.54, 1.807) is 16.8 Å². The van der Waals surface area contributed by atoms with E-state index in [2.05, 4.69) is 17.2 Å². The van der Waals surface area contributed by atoms with Crippen LogP contribution in [0.15, 0.2) is 35.2 Å². The lowest BCUT2D eigenvalue weighted by molar-refractivity contribution is -0.117. The molecule has 1 N–H and O–H groups in total. The van der Waals surface area contributed by atoms with Crippen LogP contribution in [0.2, 0.25) is 0 Å². The van der Waals surface area contributed by atoms with Gasteiger partial charge in [0.1, 0.15) is 12.4 Å². The van der Waals surface area contributed by atoms with Crippen LogP contribution in [0.25, 0.3) is 0 Å². The zero-order chi connectivity index (χ0) is 13.9. The molecule has 0 saturated heterocycles. The minimum Gasteiger partial charge on any atom is -0.485 e. The third kappa shape index (κ3) is 2.99. The number of thiazole rings is 1. The van der Waals surface area contributed by atoms with Crippen molar-refractivity contribution in [2.24, 2.45) is 11.8 Å². The summed E-state index contributed by atoms with van der Waals surface area (Å²) in [6.45, 7) is 2.51. The molecule has 0 spiro atoms. The molecule has 1 heterocycles. The summed E-state index contributed by atoms with van der Waals surface area (Å²) in [5, 5.41) is 4.90. The highest BCUT2D eigenvalue weighted by atomic mass is 32.1. The number of hydrogen-bond acceptors (Lipinski definition) is 4. The summed E-state index contributed by atoms with van der Waals surface area (Å²) in [7, 11) is 0. The SMILES string of the molecule is C[C@@H]1C[C@@H]1C(=O)Nc1ccccc1OCc1cscn1. The molecule has 1 aliphatic rings. The number of nitrogens with zero attached hydrogens (tertiary/aromatic N) is 1. The first-order chi connectivity index (χ1) is 9.74. The Hall–Kier alpha value is -1.88. The summed E-state index contributed by atoms with van der Waals surface area (Å²) < 4.78 is 5.74. The maximum absolute atomic E-state index is 12.0. The van der Waals surface area contributed by atoms with Gasteiger partial charge in [0, 0.05) is 11.3 Å². The van der Waals surface area contributed by atoms with Crippen LogP contribution < -0.4 is 10.1 Å². The number of carbonyl (C=O) groups is 1. The van der Waals surface area contributed by atoms with Gasteiger partial charge in [-0.25, -0.2) is 4.98 Å². The van der Waals surface area contributed by atoms with Gasteiger partial charge in [-0.3, -0.25) is 4.79 Å². The maximum atomic E-state index is 12.0. The number of ether oxygens (including phenoxy) is 1. The van der Waals surface area contributed by atoms with E-state index in [9.17, 15) is 4.79 Å². The molecule has 0 aliphatic heterocycles. The van der Waals surface area contributed by atoms with Gasteiger partial charge in [-0.05, 0) is 24.5 Å². The molecule has 5 heteroatoms. The van der Waals surface area contributed by atoms with Crippen LogP contribution in [0.1, 0.15) is 19.0 Å². The average Bonchev–Trinajstić information content (AvgIpc) is 2.98. The Labute approximate surface area is 121 Å². The quantitative estimate of drug-likeness (QED) is 0.918. The zero-order valence-electron chi connectivity index (χ0n) is 11.2.